The number of hydrogen-bond acceptors (Lipinski definition) is 5. The third kappa shape index (κ3) is 4.33. The second-order valence-electron chi connectivity index (χ2n) is 7.06. The summed E-state index contributed by atoms with van der Waals surface area (Å²) >= 11 is 0. The minimum atomic E-state index is -0.431. The van der Waals surface area contributed by atoms with Gasteiger partial charge in [-0.15, -0.1) is 0 Å². The zero-order chi connectivity index (χ0) is 22.0. The molecule has 1 aliphatic rings. The lowest BCUT2D eigenvalue weighted by Gasteiger charge is -2.10. The highest BCUT2D eigenvalue weighted by atomic mass is 19.1. The second kappa shape index (κ2) is 8.44. The first-order valence-corrected chi connectivity index (χ1v) is 9.61. The van der Waals surface area contributed by atoms with Gasteiger partial charge in [0.15, 0.2) is 5.76 Å². The van der Waals surface area contributed by atoms with Crippen molar-refractivity contribution in [2.24, 2.45) is 0 Å². The number of ketones is 1. The van der Waals surface area contributed by atoms with Crippen LogP contribution in [0.4, 0.5) is 4.39 Å². The number of esters is 1. The predicted molar refractivity (Wildman–Crippen MR) is 113 cm³/mol. The number of rotatable bonds is 5. The maximum atomic E-state index is 13.1. The van der Waals surface area contributed by atoms with Crippen LogP contribution in [0, 0.1) is 12.7 Å². The number of allylic oxidation sites excluding steroid dienone is 1. The molecule has 0 radical (unpaired) electrons. The zero-order valence-corrected chi connectivity index (χ0v) is 17.0. The number of carbonyl (C=O) groups is 2. The molecule has 3 aromatic rings. The molecule has 5 nitrogen and oxygen atoms in total. The van der Waals surface area contributed by atoms with Crippen molar-refractivity contribution in [2.45, 2.75) is 13.3 Å². The number of hydrogen-bond donors (Lipinski definition) is 0. The molecule has 0 aliphatic carbocycles. The Hall–Kier alpha value is -3.93. The van der Waals surface area contributed by atoms with E-state index in [-0.39, 0.29) is 23.8 Å². The second-order valence-corrected chi connectivity index (χ2v) is 7.06. The molecule has 1 heterocycles. The fraction of sp³-hybridized carbons (Fsp3) is 0.120. The Kier molecular flexibility index (Phi) is 5.54. The number of Topliss-reactive ketones (excluding diaryl/α,β-unsaturated/α-hetero) is 1. The number of benzene rings is 3. The summed E-state index contributed by atoms with van der Waals surface area (Å²) in [5.74, 6) is 0.449. The van der Waals surface area contributed by atoms with Crippen molar-refractivity contribution < 1.29 is 28.2 Å². The van der Waals surface area contributed by atoms with Gasteiger partial charge in [0.05, 0.1) is 19.1 Å². The summed E-state index contributed by atoms with van der Waals surface area (Å²) in [6, 6.07) is 16.0. The van der Waals surface area contributed by atoms with Crippen LogP contribution in [0.3, 0.4) is 0 Å². The molecule has 0 bridgehead atoms. The Morgan fingerprint density at radius 3 is 2.42 bits per heavy atom. The van der Waals surface area contributed by atoms with Crippen molar-refractivity contribution >= 4 is 17.8 Å². The van der Waals surface area contributed by atoms with Gasteiger partial charge >= 0.3 is 5.97 Å². The van der Waals surface area contributed by atoms with Crippen molar-refractivity contribution in [2.75, 3.05) is 7.11 Å². The average molecular weight is 418 g/mol. The summed E-state index contributed by atoms with van der Waals surface area (Å²) in [7, 11) is 1.58. The van der Waals surface area contributed by atoms with E-state index in [0.29, 0.717) is 33.9 Å². The Bertz CT molecular complexity index is 1180. The number of fused-ring (bicyclic) bond motifs is 1. The summed E-state index contributed by atoms with van der Waals surface area (Å²) < 4.78 is 29.5. The van der Waals surface area contributed by atoms with E-state index in [2.05, 4.69) is 0 Å². The fourth-order valence-electron chi connectivity index (χ4n) is 3.26. The van der Waals surface area contributed by atoms with Crippen LogP contribution in [-0.2, 0) is 11.2 Å². The molecular weight excluding hydrogens is 399 g/mol. The first kappa shape index (κ1) is 20.3. The highest BCUT2D eigenvalue weighted by Gasteiger charge is 2.30. The van der Waals surface area contributed by atoms with Crippen LogP contribution in [0.5, 0.6) is 17.2 Å². The molecule has 0 saturated heterocycles. The van der Waals surface area contributed by atoms with E-state index in [1.807, 2.05) is 0 Å². The van der Waals surface area contributed by atoms with Crippen LogP contribution in [0.1, 0.15) is 27.0 Å². The molecule has 6 heteroatoms. The van der Waals surface area contributed by atoms with Gasteiger partial charge in [0.1, 0.15) is 23.1 Å². The first-order chi connectivity index (χ1) is 14.9. The van der Waals surface area contributed by atoms with Gasteiger partial charge in [-0.3, -0.25) is 9.59 Å². The van der Waals surface area contributed by atoms with Crippen molar-refractivity contribution in [3.63, 3.8) is 0 Å². The molecule has 31 heavy (non-hydrogen) atoms. The van der Waals surface area contributed by atoms with Crippen LogP contribution in [0.25, 0.3) is 6.08 Å². The fourth-order valence-corrected chi connectivity index (χ4v) is 3.26. The molecule has 3 aromatic carbocycles. The first-order valence-electron chi connectivity index (χ1n) is 9.61. The summed E-state index contributed by atoms with van der Waals surface area (Å²) in [6.45, 7) is 1.73. The summed E-state index contributed by atoms with van der Waals surface area (Å²) in [4.78, 5) is 25.0. The topological polar surface area (TPSA) is 61.8 Å². The monoisotopic (exact) mass is 418 g/mol. The van der Waals surface area contributed by atoms with Crippen molar-refractivity contribution in [1.29, 1.82) is 0 Å². The van der Waals surface area contributed by atoms with E-state index in [4.69, 9.17) is 14.2 Å². The highest BCUT2D eigenvalue weighted by molar-refractivity contribution is 6.15. The molecule has 0 fully saturated rings. The Labute approximate surface area is 178 Å². The van der Waals surface area contributed by atoms with Crippen LogP contribution < -0.4 is 14.2 Å². The third-order valence-electron chi connectivity index (χ3n) is 4.94. The Morgan fingerprint density at radius 2 is 1.74 bits per heavy atom. The zero-order valence-electron chi connectivity index (χ0n) is 17.0. The normalized spacial score (nSPS) is 13.6. The Balaban J connectivity index is 1.51. The molecule has 0 spiro atoms. The number of halogens is 1. The molecule has 0 atom stereocenters. The van der Waals surface area contributed by atoms with Gasteiger partial charge in [0.25, 0.3) is 0 Å². The molecule has 1 aliphatic heterocycles. The van der Waals surface area contributed by atoms with Crippen LogP contribution in [0.15, 0.2) is 66.4 Å². The average Bonchev–Trinajstić information content (AvgIpc) is 3.08. The number of methoxy groups -OCH3 is 1. The van der Waals surface area contributed by atoms with Gasteiger partial charge < -0.3 is 14.2 Å². The van der Waals surface area contributed by atoms with E-state index in [1.165, 1.54) is 12.1 Å². The SMILES string of the molecule is COc1ccc(CC(=O)Oc2ccc3c(c2C)O/C(=C\c2ccc(F)cc2)C3=O)cc1. The van der Waals surface area contributed by atoms with Crippen molar-refractivity contribution in [1.82, 2.24) is 0 Å². The van der Waals surface area contributed by atoms with Gasteiger partial charge in [-0.05, 0) is 60.5 Å². The molecule has 0 N–H and O–H groups in total. The smallest absolute Gasteiger partial charge is 0.315 e. The van der Waals surface area contributed by atoms with Crippen molar-refractivity contribution in [3.8, 4) is 17.2 Å². The number of ether oxygens (including phenoxy) is 3. The summed E-state index contributed by atoms with van der Waals surface area (Å²) in [5, 5.41) is 0. The molecule has 0 unspecified atom stereocenters. The van der Waals surface area contributed by atoms with E-state index < -0.39 is 5.97 Å². The van der Waals surface area contributed by atoms with E-state index in [1.54, 1.807) is 68.6 Å². The van der Waals surface area contributed by atoms with Gasteiger partial charge in [-0.2, -0.15) is 0 Å². The van der Waals surface area contributed by atoms with Gasteiger partial charge in [-0.1, -0.05) is 24.3 Å². The minimum Gasteiger partial charge on any atom is -0.497 e. The molecule has 156 valence electrons. The summed E-state index contributed by atoms with van der Waals surface area (Å²) in [5.41, 5.74) is 2.37. The van der Waals surface area contributed by atoms with Crippen molar-refractivity contribution in [3.05, 3.63) is 94.5 Å². The highest BCUT2D eigenvalue weighted by Crippen LogP contribution is 2.39. The molecular formula is C25H19FO5. The lowest BCUT2D eigenvalue weighted by molar-refractivity contribution is -0.133. The molecule has 0 amide bonds. The quantitative estimate of drug-likeness (QED) is 0.335. The van der Waals surface area contributed by atoms with E-state index >= 15 is 0 Å². The molecule has 0 saturated carbocycles. The molecule has 4 rings (SSSR count). The van der Waals surface area contributed by atoms with Crippen LogP contribution in [0.2, 0.25) is 0 Å². The number of carbonyl (C=O) groups excluding carboxylic acids is 2. The van der Waals surface area contributed by atoms with Crippen LogP contribution in [-0.4, -0.2) is 18.9 Å². The largest absolute Gasteiger partial charge is 0.497 e. The van der Waals surface area contributed by atoms with Gasteiger partial charge in [-0.25, -0.2) is 4.39 Å². The van der Waals surface area contributed by atoms with Crippen LogP contribution >= 0.6 is 0 Å². The predicted octanol–water partition coefficient (Wildman–Crippen LogP) is 4.91. The lowest BCUT2D eigenvalue weighted by atomic mass is 10.1. The maximum Gasteiger partial charge on any atom is 0.315 e. The summed E-state index contributed by atoms with van der Waals surface area (Å²) in [6.07, 6.45) is 1.65. The lowest BCUT2D eigenvalue weighted by Crippen LogP contribution is -2.12. The van der Waals surface area contributed by atoms with E-state index in [9.17, 15) is 14.0 Å². The van der Waals surface area contributed by atoms with E-state index in [0.717, 1.165) is 5.56 Å². The maximum absolute atomic E-state index is 13.1. The Morgan fingerprint density at radius 1 is 1.03 bits per heavy atom. The standard InChI is InChI=1S/C25H19FO5/c1-15-21(30-23(27)14-17-5-9-19(29-2)10-6-17)12-11-20-24(28)22(31-25(15)20)13-16-3-7-18(26)8-4-16/h3-13H,14H2,1-2H3/b22-13-. The third-order valence-corrected chi connectivity index (χ3v) is 4.94. The minimum absolute atomic E-state index is 0.0933. The van der Waals surface area contributed by atoms with Gasteiger partial charge in [0.2, 0.25) is 5.78 Å². The molecule has 0 aromatic heterocycles. The van der Waals surface area contributed by atoms with Gasteiger partial charge in [0, 0.05) is 5.56 Å².